The van der Waals surface area contributed by atoms with Crippen LogP contribution in [0.1, 0.15) is 26.7 Å². The Morgan fingerprint density at radius 2 is 2.25 bits per heavy atom. The van der Waals surface area contributed by atoms with E-state index < -0.39 is 5.41 Å². The van der Waals surface area contributed by atoms with Crippen molar-refractivity contribution in [2.45, 2.75) is 32.7 Å². The molecule has 1 unspecified atom stereocenters. The van der Waals surface area contributed by atoms with Gasteiger partial charge in [-0.15, -0.1) is 0 Å². The van der Waals surface area contributed by atoms with Crippen LogP contribution < -0.4 is 5.32 Å². The highest BCUT2D eigenvalue weighted by molar-refractivity contribution is 5.47. The monoisotopic (exact) mass is 166 g/mol. The zero-order valence-electron chi connectivity index (χ0n) is 7.50. The van der Waals surface area contributed by atoms with Gasteiger partial charge in [0.1, 0.15) is 0 Å². The summed E-state index contributed by atoms with van der Waals surface area (Å²) in [7, 11) is 0. The molecule has 1 N–H and O–H groups in total. The van der Waals surface area contributed by atoms with E-state index in [2.05, 4.69) is 11.4 Å². The van der Waals surface area contributed by atoms with Crippen molar-refractivity contribution in [3.63, 3.8) is 0 Å². The number of hydrogen-bond donors (Lipinski definition) is 1. The standard InChI is InChI=1S/C9H14N2O/c1-9(2,5-10)8(11-6-12)7-3-4-7/h6-8H,3-4H2,1-2H3,(H,11,12). The van der Waals surface area contributed by atoms with Crippen LogP contribution in [0.4, 0.5) is 0 Å². The van der Waals surface area contributed by atoms with Crippen LogP contribution in [0.15, 0.2) is 0 Å². The van der Waals surface area contributed by atoms with Crippen LogP contribution in [0.5, 0.6) is 0 Å². The van der Waals surface area contributed by atoms with Crippen LogP contribution in [-0.4, -0.2) is 12.5 Å². The zero-order valence-corrected chi connectivity index (χ0v) is 7.50. The van der Waals surface area contributed by atoms with Crippen LogP contribution in [0.3, 0.4) is 0 Å². The lowest BCUT2D eigenvalue weighted by Gasteiger charge is -2.27. The highest BCUT2D eigenvalue weighted by atomic mass is 16.1. The molecule has 1 amide bonds. The van der Waals surface area contributed by atoms with Crippen molar-refractivity contribution in [1.29, 1.82) is 5.26 Å². The molecule has 0 aromatic carbocycles. The van der Waals surface area contributed by atoms with Crippen LogP contribution in [-0.2, 0) is 4.79 Å². The Morgan fingerprint density at radius 1 is 1.67 bits per heavy atom. The number of rotatable bonds is 4. The molecule has 0 heterocycles. The number of amides is 1. The Labute approximate surface area is 72.8 Å². The summed E-state index contributed by atoms with van der Waals surface area (Å²) in [5.41, 5.74) is -0.442. The van der Waals surface area contributed by atoms with E-state index >= 15 is 0 Å². The van der Waals surface area contributed by atoms with Crippen molar-refractivity contribution in [2.75, 3.05) is 0 Å². The number of carbonyl (C=O) groups excluding carboxylic acids is 1. The van der Waals surface area contributed by atoms with Crippen LogP contribution in [0.25, 0.3) is 0 Å². The fourth-order valence-electron chi connectivity index (χ4n) is 1.51. The highest BCUT2D eigenvalue weighted by Gasteiger charge is 2.41. The lowest BCUT2D eigenvalue weighted by atomic mass is 9.83. The van der Waals surface area contributed by atoms with Crippen LogP contribution in [0.2, 0.25) is 0 Å². The molecule has 1 atom stereocenters. The van der Waals surface area contributed by atoms with Crippen molar-refractivity contribution < 1.29 is 4.79 Å². The van der Waals surface area contributed by atoms with Gasteiger partial charge >= 0.3 is 0 Å². The lowest BCUT2D eigenvalue weighted by molar-refractivity contribution is -0.110. The minimum atomic E-state index is -0.442. The molecular formula is C9H14N2O. The van der Waals surface area contributed by atoms with E-state index in [1.165, 1.54) is 0 Å². The summed E-state index contributed by atoms with van der Waals surface area (Å²) in [5, 5.41) is 11.6. The molecule has 1 saturated carbocycles. The topological polar surface area (TPSA) is 52.9 Å². The van der Waals surface area contributed by atoms with E-state index in [1.54, 1.807) is 0 Å². The van der Waals surface area contributed by atoms with Gasteiger partial charge in [-0.05, 0) is 32.6 Å². The quantitative estimate of drug-likeness (QED) is 0.635. The Hall–Kier alpha value is -1.04. The van der Waals surface area contributed by atoms with Crippen molar-refractivity contribution in [1.82, 2.24) is 5.32 Å². The van der Waals surface area contributed by atoms with Gasteiger partial charge in [-0.25, -0.2) is 0 Å². The Morgan fingerprint density at radius 3 is 2.58 bits per heavy atom. The average Bonchev–Trinajstić information content (AvgIpc) is 2.83. The normalized spacial score (nSPS) is 19.4. The van der Waals surface area contributed by atoms with Gasteiger partial charge in [0.05, 0.1) is 11.5 Å². The van der Waals surface area contributed by atoms with Crippen molar-refractivity contribution in [3.05, 3.63) is 0 Å². The first-order valence-corrected chi connectivity index (χ1v) is 4.23. The first-order chi connectivity index (χ1) is 5.61. The summed E-state index contributed by atoms with van der Waals surface area (Å²) >= 11 is 0. The first-order valence-electron chi connectivity index (χ1n) is 4.23. The van der Waals surface area contributed by atoms with E-state index in [4.69, 9.17) is 5.26 Å². The van der Waals surface area contributed by atoms with E-state index in [0.717, 1.165) is 12.8 Å². The lowest BCUT2D eigenvalue weighted by Crippen LogP contribution is -2.42. The molecular weight excluding hydrogens is 152 g/mol. The fourth-order valence-corrected chi connectivity index (χ4v) is 1.51. The van der Waals surface area contributed by atoms with Gasteiger partial charge in [-0.1, -0.05) is 0 Å². The fraction of sp³-hybridized carbons (Fsp3) is 0.778. The molecule has 1 rings (SSSR count). The van der Waals surface area contributed by atoms with E-state index in [0.29, 0.717) is 12.3 Å². The largest absolute Gasteiger partial charge is 0.354 e. The van der Waals surface area contributed by atoms with Gasteiger partial charge in [-0.2, -0.15) is 5.26 Å². The zero-order chi connectivity index (χ0) is 9.19. The molecule has 3 heteroatoms. The van der Waals surface area contributed by atoms with Gasteiger partial charge in [-0.3, -0.25) is 4.79 Å². The van der Waals surface area contributed by atoms with Crippen LogP contribution in [0, 0.1) is 22.7 Å². The second-order valence-electron chi connectivity index (χ2n) is 3.93. The van der Waals surface area contributed by atoms with E-state index in [-0.39, 0.29) is 6.04 Å². The third-order valence-corrected chi connectivity index (χ3v) is 2.41. The molecule has 66 valence electrons. The summed E-state index contributed by atoms with van der Waals surface area (Å²) in [6, 6.07) is 2.25. The van der Waals surface area contributed by atoms with Gasteiger partial charge in [0.25, 0.3) is 0 Å². The summed E-state index contributed by atoms with van der Waals surface area (Å²) in [6.07, 6.45) is 2.97. The maximum Gasteiger partial charge on any atom is 0.207 e. The molecule has 0 bridgehead atoms. The van der Waals surface area contributed by atoms with Gasteiger partial charge in [0, 0.05) is 6.04 Å². The van der Waals surface area contributed by atoms with Crippen molar-refractivity contribution >= 4 is 6.41 Å². The second kappa shape index (κ2) is 3.14. The molecule has 12 heavy (non-hydrogen) atoms. The SMILES string of the molecule is CC(C)(C#N)C(NC=O)C1CC1. The maximum atomic E-state index is 10.3. The Kier molecular flexibility index (Phi) is 2.37. The number of nitrogens with one attached hydrogen (secondary N) is 1. The molecule has 0 aromatic heterocycles. The predicted octanol–water partition coefficient (Wildman–Crippen LogP) is 1.06. The van der Waals surface area contributed by atoms with Crippen LogP contribution >= 0.6 is 0 Å². The third-order valence-electron chi connectivity index (χ3n) is 2.41. The number of carbonyl (C=O) groups is 1. The van der Waals surface area contributed by atoms with Crippen molar-refractivity contribution in [3.8, 4) is 6.07 Å². The molecule has 0 spiro atoms. The highest BCUT2D eigenvalue weighted by Crippen LogP contribution is 2.39. The molecule has 0 aliphatic heterocycles. The molecule has 3 nitrogen and oxygen atoms in total. The molecule has 0 radical (unpaired) electrons. The predicted molar refractivity (Wildman–Crippen MR) is 45.1 cm³/mol. The molecule has 0 aromatic rings. The molecule has 1 aliphatic rings. The number of hydrogen-bond acceptors (Lipinski definition) is 2. The van der Waals surface area contributed by atoms with Crippen molar-refractivity contribution in [2.24, 2.45) is 11.3 Å². The maximum absolute atomic E-state index is 10.3. The number of nitrogens with zero attached hydrogens (tertiary/aromatic N) is 1. The Balaban J connectivity index is 2.64. The first kappa shape index (κ1) is 9.05. The van der Waals surface area contributed by atoms with Gasteiger partial charge in [0.15, 0.2) is 0 Å². The van der Waals surface area contributed by atoms with E-state index in [9.17, 15) is 4.79 Å². The summed E-state index contributed by atoms with van der Waals surface area (Å²) in [4.78, 5) is 10.3. The number of nitriles is 1. The smallest absolute Gasteiger partial charge is 0.207 e. The molecule has 0 saturated heterocycles. The molecule has 1 aliphatic carbocycles. The minimum absolute atomic E-state index is 0.0278. The second-order valence-corrected chi connectivity index (χ2v) is 3.93. The van der Waals surface area contributed by atoms with Gasteiger partial charge < -0.3 is 5.32 Å². The average molecular weight is 166 g/mol. The summed E-state index contributed by atoms with van der Waals surface area (Å²) < 4.78 is 0. The summed E-state index contributed by atoms with van der Waals surface area (Å²) in [6.45, 7) is 3.74. The molecule has 1 fully saturated rings. The van der Waals surface area contributed by atoms with E-state index in [1.807, 2.05) is 13.8 Å². The summed E-state index contributed by atoms with van der Waals surface area (Å²) in [5.74, 6) is 0.518. The third kappa shape index (κ3) is 1.76. The minimum Gasteiger partial charge on any atom is -0.354 e. The Bertz CT molecular complexity index is 213. The van der Waals surface area contributed by atoms with Gasteiger partial charge in [0.2, 0.25) is 6.41 Å².